The van der Waals surface area contributed by atoms with Gasteiger partial charge in [-0.1, -0.05) is 29.8 Å². The summed E-state index contributed by atoms with van der Waals surface area (Å²) >= 11 is 3.43. The highest BCUT2D eigenvalue weighted by molar-refractivity contribution is 9.10. The Labute approximate surface area is 101 Å². The Bertz CT molecular complexity index is 307. The molecule has 0 saturated carbocycles. The van der Waals surface area contributed by atoms with Crippen LogP contribution in [0.5, 0.6) is 5.75 Å². The molecule has 0 spiro atoms. The highest BCUT2D eigenvalue weighted by Gasteiger charge is 2.00. The molecule has 1 aromatic carbocycles. The quantitative estimate of drug-likeness (QED) is 0.721. The second kappa shape index (κ2) is 6.16. The predicted octanol–water partition coefficient (Wildman–Crippen LogP) is 4.39. The monoisotopic (exact) mass is 269 g/mol. The van der Waals surface area contributed by atoms with E-state index >= 15 is 0 Å². The van der Waals surface area contributed by atoms with Crippen LogP contribution >= 0.6 is 15.9 Å². The van der Waals surface area contributed by atoms with Gasteiger partial charge in [-0.05, 0) is 49.4 Å². The molecule has 0 bridgehead atoms. The molecule has 0 aliphatic carbocycles. The topological polar surface area (TPSA) is 9.23 Å². The van der Waals surface area contributed by atoms with Gasteiger partial charge in [0.05, 0.1) is 6.61 Å². The van der Waals surface area contributed by atoms with E-state index in [0.29, 0.717) is 12.5 Å². The fraction of sp³-hybridized carbons (Fsp3) is 0.462. The molecule has 0 amide bonds. The number of hydrogen-bond acceptors (Lipinski definition) is 1. The van der Waals surface area contributed by atoms with Gasteiger partial charge in [0.25, 0.3) is 0 Å². The van der Waals surface area contributed by atoms with Crippen molar-refractivity contribution in [1.29, 1.82) is 0 Å². The van der Waals surface area contributed by atoms with Gasteiger partial charge in [-0.15, -0.1) is 0 Å². The van der Waals surface area contributed by atoms with E-state index in [4.69, 9.17) is 4.74 Å². The average molecular weight is 270 g/mol. The number of ether oxygens (including phenoxy) is 1. The molecule has 2 heteroatoms. The smallest absolute Gasteiger partial charge is 0.122 e. The van der Waals surface area contributed by atoms with Crippen LogP contribution in [-0.4, -0.2) is 6.61 Å². The summed E-state index contributed by atoms with van der Waals surface area (Å²) in [5.74, 6) is 1.68. The van der Waals surface area contributed by atoms with E-state index in [2.05, 4.69) is 49.2 Å². The summed E-state index contributed by atoms with van der Waals surface area (Å²) in [7, 11) is 0. The second-order valence-electron chi connectivity index (χ2n) is 4.14. The highest BCUT2D eigenvalue weighted by Crippen LogP contribution is 2.22. The van der Waals surface area contributed by atoms with E-state index < -0.39 is 0 Å². The summed E-state index contributed by atoms with van der Waals surface area (Å²) in [5.41, 5.74) is 1.17. The number of rotatable bonds is 5. The summed E-state index contributed by atoms with van der Waals surface area (Å²) in [6, 6.07) is 6.07. The molecule has 1 aromatic rings. The van der Waals surface area contributed by atoms with Gasteiger partial charge >= 0.3 is 0 Å². The number of halogens is 1. The van der Waals surface area contributed by atoms with Crippen molar-refractivity contribution in [2.24, 2.45) is 5.92 Å². The molecule has 1 rings (SSSR count). The van der Waals surface area contributed by atoms with Crippen LogP contribution in [0, 0.1) is 19.3 Å². The molecule has 1 radical (unpaired) electrons. The summed E-state index contributed by atoms with van der Waals surface area (Å²) in [6.45, 7) is 7.17. The highest BCUT2D eigenvalue weighted by atomic mass is 79.9. The summed E-state index contributed by atoms with van der Waals surface area (Å²) < 4.78 is 6.76. The molecule has 0 heterocycles. The van der Waals surface area contributed by atoms with Gasteiger partial charge in [0.15, 0.2) is 0 Å². The SMILES string of the molecule is Cc1cc(Br)ccc1OC[CH]CC(C)C. The molecule has 0 atom stereocenters. The minimum absolute atomic E-state index is 0.695. The van der Waals surface area contributed by atoms with E-state index in [9.17, 15) is 0 Å². The van der Waals surface area contributed by atoms with Crippen molar-refractivity contribution in [1.82, 2.24) is 0 Å². The molecule has 0 fully saturated rings. The number of benzene rings is 1. The van der Waals surface area contributed by atoms with Gasteiger partial charge < -0.3 is 4.74 Å². The van der Waals surface area contributed by atoms with Crippen molar-refractivity contribution in [3.8, 4) is 5.75 Å². The lowest BCUT2D eigenvalue weighted by Gasteiger charge is -2.09. The number of hydrogen-bond donors (Lipinski definition) is 0. The Morgan fingerprint density at radius 2 is 2.13 bits per heavy atom. The van der Waals surface area contributed by atoms with Crippen molar-refractivity contribution < 1.29 is 4.74 Å². The molecule has 15 heavy (non-hydrogen) atoms. The van der Waals surface area contributed by atoms with Gasteiger partial charge in [-0.25, -0.2) is 0 Å². The molecule has 0 saturated heterocycles. The Balaban J connectivity index is 2.37. The zero-order valence-electron chi connectivity index (χ0n) is 9.59. The lowest BCUT2D eigenvalue weighted by atomic mass is 10.1. The molecule has 1 nitrogen and oxygen atoms in total. The predicted molar refractivity (Wildman–Crippen MR) is 68.1 cm³/mol. The third-order valence-electron chi connectivity index (χ3n) is 2.13. The first-order chi connectivity index (χ1) is 7.09. The van der Waals surface area contributed by atoms with Crippen molar-refractivity contribution in [2.75, 3.05) is 6.61 Å². The third-order valence-corrected chi connectivity index (χ3v) is 2.62. The fourth-order valence-corrected chi connectivity index (χ4v) is 1.80. The van der Waals surface area contributed by atoms with Gasteiger partial charge in [0.1, 0.15) is 5.75 Å². The van der Waals surface area contributed by atoms with Crippen LogP contribution in [-0.2, 0) is 0 Å². The Kier molecular flexibility index (Phi) is 5.16. The van der Waals surface area contributed by atoms with Crippen LogP contribution in [0.4, 0.5) is 0 Å². The average Bonchev–Trinajstić information content (AvgIpc) is 2.14. The fourth-order valence-electron chi connectivity index (χ4n) is 1.32. The van der Waals surface area contributed by atoms with Crippen molar-refractivity contribution in [2.45, 2.75) is 27.2 Å². The first kappa shape index (κ1) is 12.6. The van der Waals surface area contributed by atoms with Crippen LogP contribution in [0.25, 0.3) is 0 Å². The van der Waals surface area contributed by atoms with Gasteiger partial charge in [-0.2, -0.15) is 0 Å². The summed E-state index contributed by atoms with van der Waals surface area (Å²) in [6.07, 6.45) is 3.29. The van der Waals surface area contributed by atoms with E-state index in [0.717, 1.165) is 16.6 Å². The Hall–Kier alpha value is -0.500. The van der Waals surface area contributed by atoms with Gasteiger partial charge in [-0.3, -0.25) is 0 Å². The third kappa shape index (κ3) is 4.70. The molecule has 0 aliphatic heterocycles. The van der Waals surface area contributed by atoms with Crippen LogP contribution in [0.1, 0.15) is 25.8 Å². The zero-order valence-corrected chi connectivity index (χ0v) is 11.2. The molecular weight excluding hydrogens is 252 g/mol. The Morgan fingerprint density at radius 1 is 1.40 bits per heavy atom. The summed E-state index contributed by atoms with van der Waals surface area (Å²) in [4.78, 5) is 0. The lowest BCUT2D eigenvalue weighted by molar-refractivity contribution is 0.337. The largest absolute Gasteiger partial charge is 0.493 e. The standard InChI is InChI=1S/C13H18BrO/c1-10(2)5-4-8-15-13-7-6-12(14)9-11(13)3/h4,6-7,9-10H,5,8H2,1-3H3. The Morgan fingerprint density at radius 3 is 2.73 bits per heavy atom. The minimum Gasteiger partial charge on any atom is -0.493 e. The van der Waals surface area contributed by atoms with Crippen molar-refractivity contribution >= 4 is 15.9 Å². The molecule has 0 N–H and O–H groups in total. The minimum atomic E-state index is 0.695. The summed E-state index contributed by atoms with van der Waals surface area (Å²) in [5, 5.41) is 0. The van der Waals surface area contributed by atoms with Crippen LogP contribution < -0.4 is 4.74 Å². The van der Waals surface area contributed by atoms with E-state index in [-0.39, 0.29) is 0 Å². The second-order valence-corrected chi connectivity index (χ2v) is 5.05. The van der Waals surface area contributed by atoms with Crippen molar-refractivity contribution in [3.63, 3.8) is 0 Å². The molecular formula is C13H18BrO. The normalized spacial score (nSPS) is 10.7. The van der Waals surface area contributed by atoms with Crippen molar-refractivity contribution in [3.05, 3.63) is 34.7 Å². The first-order valence-electron chi connectivity index (χ1n) is 5.30. The maximum atomic E-state index is 5.67. The van der Waals surface area contributed by atoms with E-state index in [1.807, 2.05) is 12.1 Å². The lowest BCUT2D eigenvalue weighted by Crippen LogP contribution is -2.01. The molecule has 0 aromatic heterocycles. The van der Waals surface area contributed by atoms with Gasteiger partial charge in [0, 0.05) is 4.47 Å². The van der Waals surface area contributed by atoms with E-state index in [1.54, 1.807) is 0 Å². The van der Waals surface area contributed by atoms with Gasteiger partial charge in [0.2, 0.25) is 0 Å². The molecule has 83 valence electrons. The first-order valence-corrected chi connectivity index (χ1v) is 6.09. The molecule has 0 aliphatic rings. The maximum absolute atomic E-state index is 5.67. The van der Waals surface area contributed by atoms with Crippen LogP contribution in [0.3, 0.4) is 0 Å². The number of aryl methyl sites for hydroxylation is 1. The molecule has 0 unspecified atom stereocenters. The zero-order chi connectivity index (χ0) is 11.3. The maximum Gasteiger partial charge on any atom is 0.122 e. The van der Waals surface area contributed by atoms with E-state index in [1.165, 1.54) is 5.56 Å². The van der Waals surface area contributed by atoms with Crippen LogP contribution in [0.15, 0.2) is 22.7 Å². The van der Waals surface area contributed by atoms with Crippen LogP contribution in [0.2, 0.25) is 0 Å².